The van der Waals surface area contributed by atoms with Crippen molar-refractivity contribution in [1.82, 2.24) is 20.6 Å². The first kappa shape index (κ1) is 46.6. The molecule has 3 aromatic rings. The molecule has 0 bridgehead atoms. The maximum absolute atomic E-state index is 13.6. The quantitative estimate of drug-likeness (QED) is 0.0992. The fourth-order valence-electron chi connectivity index (χ4n) is 10.6. The number of benzene rings is 1. The lowest BCUT2D eigenvalue weighted by Gasteiger charge is -2.35. The van der Waals surface area contributed by atoms with Gasteiger partial charge in [-0.1, -0.05) is 62.3 Å². The molecule has 5 aliphatic rings. The number of piperidine rings is 3. The van der Waals surface area contributed by atoms with Crippen LogP contribution < -0.4 is 30.7 Å². The molecule has 1 aromatic carbocycles. The van der Waals surface area contributed by atoms with E-state index in [-0.39, 0.29) is 48.6 Å². The van der Waals surface area contributed by atoms with Crippen molar-refractivity contribution in [2.45, 2.75) is 141 Å². The molecule has 8 rings (SSSR count). The Bertz CT molecular complexity index is 2080. The van der Waals surface area contributed by atoms with Gasteiger partial charge in [-0.2, -0.15) is 0 Å². The molecule has 65 heavy (non-hydrogen) atoms. The second kappa shape index (κ2) is 23.0. The molecule has 2 atom stereocenters. The molecular weight excluding hydrogens is 840 g/mol. The van der Waals surface area contributed by atoms with Gasteiger partial charge >= 0.3 is 11.9 Å². The number of anilines is 4. The third-order valence-corrected chi connectivity index (χ3v) is 14.5. The van der Waals surface area contributed by atoms with Gasteiger partial charge in [-0.15, -0.1) is 0 Å². The summed E-state index contributed by atoms with van der Waals surface area (Å²) in [5, 5.41) is 10.7. The molecule has 0 unspecified atom stereocenters. The highest BCUT2D eigenvalue weighted by Crippen LogP contribution is 2.31. The number of hydrogen-bond donors (Lipinski definition) is 3. The first-order valence-corrected chi connectivity index (χ1v) is 25.2. The second-order valence-corrected chi connectivity index (χ2v) is 19.7. The molecule has 0 spiro atoms. The number of rotatable bonds is 15. The van der Waals surface area contributed by atoms with Gasteiger partial charge in [-0.05, 0) is 131 Å². The zero-order valence-corrected chi connectivity index (χ0v) is 38.9. The van der Waals surface area contributed by atoms with E-state index in [1.807, 2.05) is 48.5 Å². The lowest BCUT2D eigenvalue weighted by atomic mass is 9.94. The SMILES string of the molecule is O=C(C[C@@H]1CCCN(c2ccc(C(=O)NC3CCCCC3)c(NCCc3ccc(Cl)cc3)n2)C1)OC(=O)C[C@@H]1CCCN(c2ccc(C(=O)NC3CCCCC3)c(N3CCCCC3)n2)C1. The zero-order valence-electron chi connectivity index (χ0n) is 38.2. The van der Waals surface area contributed by atoms with Crippen LogP contribution in [0.25, 0.3) is 0 Å². The van der Waals surface area contributed by atoms with E-state index in [4.69, 9.17) is 26.3 Å². The van der Waals surface area contributed by atoms with Crippen LogP contribution in [-0.2, 0) is 20.7 Å². The minimum absolute atomic E-state index is 0.000458. The molecule has 13 nitrogen and oxygen atoms in total. The Labute approximate surface area is 390 Å². The second-order valence-electron chi connectivity index (χ2n) is 19.2. The molecule has 5 heterocycles. The van der Waals surface area contributed by atoms with Gasteiger partial charge in [0.1, 0.15) is 23.3 Å². The number of carbonyl (C=O) groups excluding carboxylic acids is 4. The Morgan fingerprint density at radius 2 is 1.08 bits per heavy atom. The molecule has 3 saturated heterocycles. The number of halogens is 1. The molecule has 350 valence electrons. The highest BCUT2D eigenvalue weighted by atomic mass is 35.5. The predicted molar refractivity (Wildman–Crippen MR) is 257 cm³/mol. The third kappa shape index (κ3) is 13.1. The van der Waals surface area contributed by atoms with Crippen LogP contribution in [0.15, 0.2) is 48.5 Å². The van der Waals surface area contributed by atoms with E-state index < -0.39 is 11.9 Å². The zero-order chi connectivity index (χ0) is 45.0. The molecule has 3 aliphatic heterocycles. The molecule has 5 fully saturated rings. The van der Waals surface area contributed by atoms with Crippen LogP contribution in [-0.4, -0.2) is 91.6 Å². The van der Waals surface area contributed by atoms with Crippen molar-refractivity contribution in [1.29, 1.82) is 0 Å². The van der Waals surface area contributed by atoms with E-state index in [0.717, 1.165) is 146 Å². The summed E-state index contributed by atoms with van der Waals surface area (Å²) in [6.07, 6.45) is 18.9. The minimum atomic E-state index is -0.489. The molecule has 2 amide bonds. The molecule has 2 aliphatic carbocycles. The summed E-state index contributed by atoms with van der Waals surface area (Å²) in [5.41, 5.74) is 2.30. The molecule has 3 N–H and O–H groups in total. The van der Waals surface area contributed by atoms with E-state index in [0.29, 0.717) is 41.6 Å². The number of pyridine rings is 2. The number of esters is 2. The Kier molecular flexibility index (Phi) is 16.5. The summed E-state index contributed by atoms with van der Waals surface area (Å²) in [5.74, 6) is 1.78. The summed E-state index contributed by atoms with van der Waals surface area (Å²) in [6, 6.07) is 15.8. The van der Waals surface area contributed by atoms with Gasteiger partial charge in [-0.25, -0.2) is 9.97 Å². The van der Waals surface area contributed by atoms with Crippen LogP contribution in [0, 0.1) is 11.8 Å². The molecule has 2 aromatic heterocycles. The number of aromatic nitrogens is 2. The third-order valence-electron chi connectivity index (χ3n) is 14.2. The smallest absolute Gasteiger partial charge is 0.313 e. The van der Waals surface area contributed by atoms with Crippen LogP contribution in [0.5, 0.6) is 0 Å². The normalized spacial score (nSPS) is 21.1. The predicted octanol–water partition coefficient (Wildman–Crippen LogP) is 8.88. The maximum atomic E-state index is 13.6. The number of amides is 2. The van der Waals surface area contributed by atoms with Crippen LogP contribution in [0.1, 0.15) is 148 Å². The van der Waals surface area contributed by atoms with E-state index in [1.165, 1.54) is 19.3 Å². The number of carbonyl (C=O) groups is 4. The Morgan fingerprint density at radius 1 is 0.569 bits per heavy atom. The summed E-state index contributed by atoms with van der Waals surface area (Å²) in [7, 11) is 0. The van der Waals surface area contributed by atoms with E-state index in [9.17, 15) is 19.2 Å². The number of nitrogens with zero attached hydrogens (tertiary/aromatic N) is 5. The molecular formula is C51H69ClN8O5. The van der Waals surface area contributed by atoms with Crippen LogP contribution in [0.3, 0.4) is 0 Å². The van der Waals surface area contributed by atoms with Crippen molar-refractivity contribution in [2.75, 3.05) is 65.8 Å². The fraction of sp³-hybridized carbons (Fsp3) is 0.608. The highest BCUT2D eigenvalue weighted by molar-refractivity contribution is 6.30. The monoisotopic (exact) mass is 909 g/mol. The van der Waals surface area contributed by atoms with Gasteiger partial charge in [-0.3, -0.25) is 19.2 Å². The highest BCUT2D eigenvalue weighted by Gasteiger charge is 2.30. The van der Waals surface area contributed by atoms with Gasteiger partial charge in [0.05, 0.1) is 24.0 Å². The summed E-state index contributed by atoms with van der Waals surface area (Å²) in [6.45, 7) is 5.18. The topological polar surface area (TPSA) is 149 Å². The first-order valence-electron chi connectivity index (χ1n) is 24.8. The minimum Gasteiger partial charge on any atom is -0.393 e. The first-order chi connectivity index (χ1) is 31.7. The van der Waals surface area contributed by atoms with Gasteiger partial charge in [0.15, 0.2) is 0 Å². The summed E-state index contributed by atoms with van der Waals surface area (Å²) in [4.78, 5) is 70.6. The summed E-state index contributed by atoms with van der Waals surface area (Å²) >= 11 is 6.11. The Balaban J connectivity index is 0.851. The van der Waals surface area contributed by atoms with Crippen molar-refractivity contribution in [3.63, 3.8) is 0 Å². The van der Waals surface area contributed by atoms with Crippen molar-refractivity contribution in [2.24, 2.45) is 11.8 Å². The standard InChI is InChI=1S/C51H69ClN8O5/c52-39-20-18-36(19-21-39)26-27-53-48-42(50(63)54-40-14-4-1-5-15-40)22-24-44(56-48)59-30-10-12-37(34-59)32-46(61)65-47(62)33-38-13-11-31-60(35-38)45-25-23-43(49(57-45)58-28-8-3-9-29-58)51(64)55-41-16-6-2-7-17-41/h18-25,37-38,40-41H,1-17,26-35H2,(H,53,56)(H,54,63)(H,55,64)/t37-,38-/m0/s1. The average molecular weight is 910 g/mol. The van der Waals surface area contributed by atoms with Crippen LogP contribution in [0.4, 0.5) is 23.3 Å². The van der Waals surface area contributed by atoms with Crippen LogP contribution >= 0.6 is 11.6 Å². The van der Waals surface area contributed by atoms with Crippen molar-refractivity contribution < 1.29 is 23.9 Å². The largest absolute Gasteiger partial charge is 0.393 e. The van der Waals surface area contributed by atoms with E-state index in [2.05, 4.69) is 30.7 Å². The fourth-order valence-corrected chi connectivity index (χ4v) is 10.8. The maximum Gasteiger partial charge on any atom is 0.313 e. The van der Waals surface area contributed by atoms with Crippen LogP contribution in [0.2, 0.25) is 5.02 Å². The average Bonchev–Trinajstić information content (AvgIpc) is 3.33. The van der Waals surface area contributed by atoms with Crippen molar-refractivity contribution in [3.8, 4) is 0 Å². The molecule has 0 radical (unpaired) electrons. The lowest BCUT2D eigenvalue weighted by Crippen LogP contribution is -2.40. The summed E-state index contributed by atoms with van der Waals surface area (Å²) < 4.78 is 5.49. The van der Waals surface area contributed by atoms with Gasteiger partial charge < -0.3 is 35.4 Å². The van der Waals surface area contributed by atoms with Gasteiger partial charge in [0.2, 0.25) is 0 Å². The van der Waals surface area contributed by atoms with E-state index >= 15 is 0 Å². The van der Waals surface area contributed by atoms with Gasteiger partial charge in [0, 0.05) is 62.9 Å². The molecule has 2 saturated carbocycles. The molecule has 14 heteroatoms. The Hall–Kier alpha value is -4.91. The van der Waals surface area contributed by atoms with Crippen molar-refractivity contribution >= 4 is 58.6 Å². The lowest BCUT2D eigenvalue weighted by molar-refractivity contribution is -0.161. The number of ether oxygens (including phenoxy) is 1. The van der Waals surface area contributed by atoms with Gasteiger partial charge in [0.25, 0.3) is 11.8 Å². The number of nitrogens with one attached hydrogen (secondary N) is 3. The Morgan fingerprint density at radius 3 is 1.66 bits per heavy atom. The number of hydrogen-bond acceptors (Lipinski definition) is 11. The van der Waals surface area contributed by atoms with Crippen molar-refractivity contribution in [3.05, 3.63) is 70.2 Å². The van der Waals surface area contributed by atoms with E-state index in [1.54, 1.807) is 0 Å².